The first-order chi connectivity index (χ1) is 8.72. The van der Waals surface area contributed by atoms with Gasteiger partial charge in [0, 0.05) is 24.8 Å². The van der Waals surface area contributed by atoms with Crippen LogP contribution in [0.2, 0.25) is 0 Å². The quantitative estimate of drug-likeness (QED) is 0.364. The van der Waals surface area contributed by atoms with Crippen molar-refractivity contribution in [3.05, 3.63) is 34.7 Å². The number of nitrogens with zero attached hydrogens (tertiary/aromatic N) is 5. The Labute approximate surface area is 108 Å². The Balaban J connectivity index is 2.27. The molecule has 7 nitrogen and oxygen atoms in total. The molecule has 8 heteroatoms. The molecule has 0 aromatic carbocycles. The van der Waals surface area contributed by atoms with Crippen molar-refractivity contribution in [2.45, 2.75) is 6.54 Å². The number of amidine groups is 1. The smallest absolute Gasteiger partial charge is 0.192 e. The van der Waals surface area contributed by atoms with Crippen LogP contribution in [-0.4, -0.2) is 33.0 Å². The van der Waals surface area contributed by atoms with Crippen LogP contribution in [0.15, 0.2) is 28.4 Å². The number of aromatic nitrogens is 3. The van der Waals surface area contributed by atoms with Gasteiger partial charge >= 0.3 is 0 Å². The molecular weight excluding hydrogens is 252 g/mol. The normalized spacial score (nSPS) is 11.5. The zero-order chi connectivity index (χ0) is 13.0. The average Bonchev–Trinajstić information content (AvgIpc) is 2.90. The summed E-state index contributed by atoms with van der Waals surface area (Å²) in [6.07, 6.45) is 3.05. The molecule has 0 saturated carbocycles. The van der Waals surface area contributed by atoms with Crippen LogP contribution in [-0.2, 0) is 6.54 Å². The van der Waals surface area contributed by atoms with Crippen LogP contribution in [0.1, 0.15) is 11.4 Å². The number of anilines is 1. The highest BCUT2D eigenvalue weighted by molar-refractivity contribution is 7.07. The van der Waals surface area contributed by atoms with Crippen molar-refractivity contribution in [3.63, 3.8) is 0 Å². The van der Waals surface area contributed by atoms with Crippen molar-refractivity contribution >= 4 is 23.0 Å². The van der Waals surface area contributed by atoms with E-state index >= 15 is 0 Å². The fourth-order valence-electron chi connectivity index (χ4n) is 1.47. The van der Waals surface area contributed by atoms with E-state index in [1.54, 1.807) is 11.7 Å². The molecule has 18 heavy (non-hydrogen) atoms. The van der Waals surface area contributed by atoms with Gasteiger partial charge in [-0.2, -0.15) is 0 Å². The fraction of sp³-hybridized carbons (Fsp3) is 0.200. The van der Waals surface area contributed by atoms with E-state index in [9.17, 15) is 0 Å². The zero-order valence-electron chi connectivity index (χ0n) is 9.69. The predicted molar refractivity (Wildman–Crippen MR) is 68.8 cm³/mol. The molecule has 0 radical (unpaired) electrons. The van der Waals surface area contributed by atoms with E-state index in [0.29, 0.717) is 18.1 Å². The van der Waals surface area contributed by atoms with Crippen molar-refractivity contribution in [1.82, 2.24) is 15.0 Å². The van der Waals surface area contributed by atoms with E-state index in [1.807, 2.05) is 17.3 Å². The predicted octanol–water partition coefficient (Wildman–Crippen LogP) is 0.664. The summed E-state index contributed by atoms with van der Waals surface area (Å²) in [5.74, 6) is 0.476. The molecule has 0 aliphatic carbocycles. The van der Waals surface area contributed by atoms with E-state index in [1.165, 1.54) is 17.5 Å². The van der Waals surface area contributed by atoms with Crippen LogP contribution >= 0.6 is 11.3 Å². The molecule has 0 unspecified atom stereocenters. The molecular formula is C10H12N6OS. The molecule has 0 atom stereocenters. The average molecular weight is 264 g/mol. The molecule has 0 amide bonds. The molecule has 0 aliphatic rings. The van der Waals surface area contributed by atoms with Gasteiger partial charge in [-0.05, 0) is 0 Å². The first-order valence-electron chi connectivity index (χ1n) is 5.09. The third-order valence-electron chi connectivity index (χ3n) is 2.27. The molecule has 94 valence electrons. The minimum atomic E-state index is -0.0665. The summed E-state index contributed by atoms with van der Waals surface area (Å²) in [6.45, 7) is 0.577. The summed E-state index contributed by atoms with van der Waals surface area (Å²) in [6, 6.07) is 0. The van der Waals surface area contributed by atoms with E-state index < -0.39 is 0 Å². The second kappa shape index (κ2) is 5.41. The summed E-state index contributed by atoms with van der Waals surface area (Å²) in [4.78, 5) is 14.3. The van der Waals surface area contributed by atoms with Gasteiger partial charge in [-0.25, -0.2) is 15.0 Å². The number of nitrogens with two attached hydrogens (primary N) is 1. The minimum Gasteiger partial charge on any atom is -0.409 e. The molecule has 2 aromatic heterocycles. The lowest BCUT2D eigenvalue weighted by atomic mass is 10.3. The Hall–Kier alpha value is -2.22. The minimum absolute atomic E-state index is 0.0665. The summed E-state index contributed by atoms with van der Waals surface area (Å²) in [5.41, 5.74) is 8.61. The van der Waals surface area contributed by atoms with Crippen molar-refractivity contribution in [2.24, 2.45) is 10.9 Å². The lowest BCUT2D eigenvalue weighted by Crippen LogP contribution is -2.25. The Morgan fingerprint density at radius 2 is 2.22 bits per heavy atom. The summed E-state index contributed by atoms with van der Waals surface area (Å²) >= 11 is 1.53. The number of oxime groups is 1. The second-order valence-electron chi connectivity index (χ2n) is 3.55. The van der Waals surface area contributed by atoms with Gasteiger partial charge in [-0.1, -0.05) is 5.16 Å². The standard InChI is InChI=1S/C10H12N6OS/c1-16(4-7-5-18-6-14-7)10-8(9(11)15-17)12-2-3-13-10/h2-3,5-6,17H,4H2,1H3,(H2,11,15). The summed E-state index contributed by atoms with van der Waals surface area (Å²) in [5, 5.41) is 13.6. The van der Waals surface area contributed by atoms with Crippen molar-refractivity contribution in [3.8, 4) is 0 Å². The van der Waals surface area contributed by atoms with Gasteiger partial charge in [0.2, 0.25) is 0 Å². The van der Waals surface area contributed by atoms with Gasteiger partial charge in [-0.3, -0.25) is 0 Å². The maximum atomic E-state index is 8.72. The Morgan fingerprint density at radius 1 is 1.44 bits per heavy atom. The second-order valence-corrected chi connectivity index (χ2v) is 4.27. The lowest BCUT2D eigenvalue weighted by molar-refractivity contribution is 0.318. The van der Waals surface area contributed by atoms with Crippen molar-refractivity contribution < 1.29 is 5.21 Å². The molecule has 0 aliphatic heterocycles. The molecule has 2 rings (SSSR count). The maximum Gasteiger partial charge on any atom is 0.192 e. The molecule has 0 spiro atoms. The monoisotopic (exact) mass is 264 g/mol. The largest absolute Gasteiger partial charge is 0.409 e. The number of rotatable bonds is 4. The van der Waals surface area contributed by atoms with E-state index in [2.05, 4.69) is 20.1 Å². The van der Waals surface area contributed by atoms with Crippen LogP contribution in [0.25, 0.3) is 0 Å². The van der Waals surface area contributed by atoms with E-state index in [-0.39, 0.29) is 5.84 Å². The van der Waals surface area contributed by atoms with Crippen LogP contribution in [0, 0.1) is 0 Å². The van der Waals surface area contributed by atoms with Crippen LogP contribution in [0.5, 0.6) is 0 Å². The molecule has 0 saturated heterocycles. The summed E-state index contributed by atoms with van der Waals surface area (Å²) < 4.78 is 0. The van der Waals surface area contributed by atoms with Gasteiger partial charge < -0.3 is 15.8 Å². The number of hydrogen-bond acceptors (Lipinski definition) is 7. The fourth-order valence-corrected chi connectivity index (χ4v) is 2.02. The molecule has 0 fully saturated rings. The first kappa shape index (κ1) is 12.2. The van der Waals surface area contributed by atoms with Gasteiger partial charge in [0.1, 0.15) is 0 Å². The lowest BCUT2D eigenvalue weighted by Gasteiger charge is -2.18. The van der Waals surface area contributed by atoms with Crippen LogP contribution in [0.4, 0.5) is 5.82 Å². The molecule has 0 bridgehead atoms. The first-order valence-corrected chi connectivity index (χ1v) is 6.03. The maximum absolute atomic E-state index is 8.72. The summed E-state index contributed by atoms with van der Waals surface area (Å²) in [7, 11) is 1.84. The van der Waals surface area contributed by atoms with Crippen LogP contribution < -0.4 is 10.6 Å². The Kier molecular flexibility index (Phi) is 3.68. The zero-order valence-corrected chi connectivity index (χ0v) is 10.5. The van der Waals surface area contributed by atoms with Gasteiger partial charge in [-0.15, -0.1) is 11.3 Å². The highest BCUT2D eigenvalue weighted by atomic mass is 32.1. The number of thiazole rings is 1. The molecule has 2 aromatic rings. The van der Waals surface area contributed by atoms with Gasteiger partial charge in [0.05, 0.1) is 17.7 Å². The van der Waals surface area contributed by atoms with Gasteiger partial charge in [0.25, 0.3) is 0 Å². The Bertz CT molecular complexity index is 541. The molecule has 3 N–H and O–H groups in total. The third kappa shape index (κ3) is 2.54. The number of hydrogen-bond donors (Lipinski definition) is 2. The van der Waals surface area contributed by atoms with Crippen molar-refractivity contribution in [1.29, 1.82) is 0 Å². The topological polar surface area (TPSA) is 101 Å². The molecule has 2 heterocycles. The highest BCUT2D eigenvalue weighted by Crippen LogP contribution is 2.15. The SMILES string of the molecule is CN(Cc1cscn1)c1nccnc1C(N)=NO. The van der Waals surface area contributed by atoms with Crippen LogP contribution in [0.3, 0.4) is 0 Å². The Morgan fingerprint density at radius 3 is 2.89 bits per heavy atom. The third-order valence-corrected chi connectivity index (χ3v) is 2.91. The highest BCUT2D eigenvalue weighted by Gasteiger charge is 2.14. The van der Waals surface area contributed by atoms with Crippen molar-refractivity contribution in [2.75, 3.05) is 11.9 Å². The van der Waals surface area contributed by atoms with E-state index in [4.69, 9.17) is 10.9 Å². The van der Waals surface area contributed by atoms with E-state index in [0.717, 1.165) is 5.69 Å². The van der Waals surface area contributed by atoms with Gasteiger partial charge in [0.15, 0.2) is 17.3 Å².